The second-order valence-electron chi connectivity index (χ2n) is 6.44. The smallest absolute Gasteiger partial charge is 0.0332 e. The van der Waals surface area contributed by atoms with Crippen LogP contribution in [-0.2, 0) is 0 Å². The zero-order valence-electron chi connectivity index (χ0n) is 13.3. The lowest BCUT2D eigenvalue weighted by Gasteiger charge is -2.23. The molecule has 0 aromatic heterocycles. The van der Waals surface area contributed by atoms with Crippen molar-refractivity contribution in [3.8, 4) is 0 Å². The first-order valence-corrected chi connectivity index (χ1v) is 8.17. The van der Waals surface area contributed by atoms with E-state index in [1.54, 1.807) is 0 Å². The van der Waals surface area contributed by atoms with Crippen LogP contribution in [0.4, 0.5) is 0 Å². The standard InChI is InChI=1S/C18H30N2/c1-4-11-19-18(16-8-6-5-7-9-16)10-12-20(3)14-17-13-15(17)2/h5-9,15,17-19H,4,10-14H2,1-3H3. The molecule has 0 spiro atoms. The summed E-state index contributed by atoms with van der Waals surface area (Å²) in [4.78, 5) is 2.51. The highest BCUT2D eigenvalue weighted by Gasteiger charge is 2.33. The Morgan fingerprint density at radius 1 is 1.30 bits per heavy atom. The van der Waals surface area contributed by atoms with Crippen LogP contribution in [0.5, 0.6) is 0 Å². The molecule has 3 unspecified atom stereocenters. The molecule has 1 saturated carbocycles. The normalized spacial score (nSPS) is 23.0. The Kier molecular flexibility index (Phi) is 6.06. The number of nitrogens with zero attached hydrogens (tertiary/aromatic N) is 1. The van der Waals surface area contributed by atoms with Gasteiger partial charge in [-0.25, -0.2) is 0 Å². The quantitative estimate of drug-likeness (QED) is 0.738. The molecule has 0 radical (unpaired) electrons. The fourth-order valence-electron chi connectivity index (χ4n) is 2.89. The lowest BCUT2D eigenvalue weighted by Crippen LogP contribution is -2.29. The van der Waals surface area contributed by atoms with E-state index in [1.165, 1.54) is 37.9 Å². The van der Waals surface area contributed by atoms with Crippen LogP contribution in [0.25, 0.3) is 0 Å². The topological polar surface area (TPSA) is 15.3 Å². The van der Waals surface area contributed by atoms with Gasteiger partial charge in [-0.3, -0.25) is 0 Å². The average Bonchev–Trinajstić information content (AvgIpc) is 3.15. The van der Waals surface area contributed by atoms with Crippen molar-refractivity contribution in [3.05, 3.63) is 35.9 Å². The van der Waals surface area contributed by atoms with E-state index in [0.29, 0.717) is 6.04 Å². The minimum atomic E-state index is 0.496. The van der Waals surface area contributed by atoms with Crippen molar-refractivity contribution in [1.29, 1.82) is 0 Å². The highest BCUT2D eigenvalue weighted by Crippen LogP contribution is 2.38. The summed E-state index contributed by atoms with van der Waals surface area (Å²) in [7, 11) is 2.27. The van der Waals surface area contributed by atoms with Crippen molar-refractivity contribution in [2.24, 2.45) is 11.8 Å². The van der Waals surface area contributed by atoms with Gasteiger partial charge in [0.25, 0.3) is 0 Å². The maximum absolute atomic E-state index is 3.69. The summed E-state index contributed by atoms with van der Waals surface area (Å²) in [6.45, 7) is 8.16. The molecule has 0 saturated heterocycles. The van der Waals surface area contributed by atoms with E-state index in [-0.39, 0.29) is 0 Å². The van der Waals surface area contributed by atoms with Gasteiger partial charge in [-0.2, -0.15) is 0 Å². The first-order valence-electron chi connectivity index (χ1n) is 8.17. The highest BCUT2D eigenvalue weighted by molar-refractivity contribution is 5.18. The van der Waals surface area contributed by atoms with E-state index < -0.39 is 0 Å². The molecule has 20 heavy (non-hydrogen) atoms. The number of benzene rings is 1. The number of nitrogens with one attached hydrogen (secondary N) is 1. The zero-order chi connectivity index (χ0) is 14.4. The third-order valence-corrected chi connectivity index (χ3v) is 4.46. The Bertz CT molecular complexity index is 376. The second-order valence-corrected chi connectivity index (χ2v) is 6.44. The number of hydrogen-bond acceptors (Lipinski definition) is 2. The molecule has 2 nitrogen and oxygen atoms in total. The highest BCUT2D eigenvalue weighted by atomic mass is 15.1. The van der Waals surface area contributed by atoms with Gasteiger partial charge in [-0.15, -0.1) is 0 Å². The zero-order valence-corrected chi connectivity index (χ0v) is 13.3. The van der Waals surface area contributed by atoms with Crippen LogP contribution in [0, 0.1) is 11.8 Å². The van der Waals surface area contributed by atoms with Crippen molar-refractivity contribution >= 4 is 0 Å². The van der Waals surface area contributed by atoms with E-state index in [2.05, 4.69) is 61.4 Å². The largest absolute Gasteiger partial charge is 0.310 e. The predicted molar refractivity (Wildman–Crippen MR) is 86.9 cm³/mol. The molecule has 0 bridgehead atoms. The van der Waals surface area contributed by atoms with Crippen LogP contribution in [0.15, 0.2) is 30.3 Å². The van der Waals surface area contributed by atoms with Gasteiger partial charge < -0.3 is 10.2 Å². The molecule has 1 aliphatic rings. The SMILES string of the molecule is CCCNC(CCN(C)CC1CC1C)c1ccccc1. The molecule has 0 aliphatic heterocycles. The Balaban J connectivity index is 1.81. The van der Waals surface area contributed by atoms with E-state index in [9.17, 15) is 0 Å². The third-order valence-electron chi connectivity index (χ3n) is 4.46. The maximum atomic E-state index is 3.69. The first kappa shape index (κ1) is 15.5. The Hall–Kier alpha value is -0.860. The third kappa shape index (κ3) is 4.92. The van der Waals surface area contributed by atoms with Crippen molar-refractivity contribution in [2.45, 2.75) is 39.2 Å². The molecule has 0 heterocycles. The monoisotopic (exact) mass is 274 g/mol. The molecule has 1 fully saturated rings. The Morgan fingerprint density at radius 3 is 2.60 bits per heavy atom. The Morgan fingerprint density at radius 2 is 2.00 bits per heavy atom. The molecule has 2 heteroatoms. The van der Waals surface area contributed by atoms with Crippen LogP contribution >= 0.6 is 0 Å². The van der Waals surface area contributed by atoms with Crippen LogP contribution in [0.3, 0.4) is 0 Å². The first-order chi connectivity index (χ1) is 9.70. The van der Waals surface area contributed by atoms with Gasteiger partial charge >= 0.3 is 0 Å². The second kappa shape index (κ2) is 7.80. The molecule has 112 valence electrons. The molecule has 1 N–H and O–H groups in total. The number of hydrogen-bond donors (Lipinski definition) is 1. The van der Waals surface area contributed by atoms with Gasteiger partial charge in [0.1, 0.15) is 0 Å². The lowest BCUT2D eigenvalue weighted by molar-refractivity contribution is 0.292. The van der Waals surface area contributed by atoms with Crippen LogP contribution in [-0.4, -0.2) is 31.6 Å². The summed E-state index contributed by atoms with van der Waals surface area (Å²) in [5.74, 6) is 1.92. The fraction of sp³-hybridized carbons (Fsp3) is 0.667. The van der Waals surface area contributed by atoms with Gasteiger partial charge in [0.05, 0.1) is 0 Å². The van der Waals surface area contributed by atoms with Gasteiger partial charge in [-0.1, -0.05) is 44.2 Å². The van der Waals surface area contributed by atoms with E-state index in [1.807, 2.05) is 0 Å². The van der Waals surface area contributed by atoms with Crippen molar-refractivity contribution in [1.82, 2.24) is 10.2 Å². The molecule has 2 rings (SSSR count). The molecular formula is C18H30N2. The van der Waals surface area contributed by atoms with Crippen molar-refractivity contribution < 1.29 is 0 Å². The summed E-state index contributed by atoms with van der Waals surface area (Å²) >= 11 is 0. The summed E-state index contributed by atoms with van der Waals surface area (Å²) in [5.41, 5.74) is 1.43. The van der Waals surface area contributed by atoms with Crippen molar-refractivity contribution in [2.75, 3.05) is 26.7 Å². The minimum Gasteiger partial charge on any atom is -0.310 e. The summed E-state index contributed by atoms with van der Waals surface area (Å²) in [6.07, 6.45) is 3.82. The molecule has 1 aromatic rings. The molecule has 3 atom stereocenters. The summed E-state index contributed by atoms with van der Waals surface area (Å²) < 4.78 is 0. The van der Waals surface area contributed by atoms with E-state index in [0.717, 1.165) is 18.4 Å². The minimum absolute atomic E-state index is 0.496. The molecular weight excluding hydrogens is 244 g/mol. The molecule has 1 aliphatic carbocycles. The van der Waals surface area contributed by atoms with E-state index in [4.69, 9.17) is 0 Å². The van der Waals surface area contributed by atoms with E-state index >= 15 is 0 Å². The van der Waals surface area contributed by atoms with Crippen molar-refractivity contribution in [3.63, 3.8) is 0 Å². The van der Waals surface area contributed by atoms with Gasteiger partial charge in [0, 0.05) is 12.6 Å². The van der Waals surface area contributed by atoms with Crippen LogP contribution < -0.4 is 5.32 Å². The average molecular weight is 274 g/mol. The van der Waals surface area contributed by atoms with Gasteiger partial charge in [-0.05, 0) is 56.8 Å². The fourth-order valence-corrected chi connectivity index (χ4v) is 2.89. The van der Waals surface area contributed by atoms with Crippen LogP contribution in [0.1, 0.15) is 44.7 Å². The number of rotatable bonds is 9. The lowest BCUT2D eigenvalue weighted by atomic mass is 10.0. The molecule has 1 aromatic carbocycles. The Labute approximate surface area is 124 Å². The summed E-state index contributed by atoms with van der Waals surface area (Å²) in [6, 6.07) is 11.4. The molecule has 0 amide bonds. The predicted octanol–water partition coefficient (Wildman–Crippen LogP) is 3.71. The van der Waals surface area contributed by atoms with Gasteiger partial charge in [0.15, 0.2) is 0 Å². The maximum Gasteiger partial charge on any atom is 0.0332 e. The van der Waals surface area contributed by atoms with Gasteiger partial charge in [0.2, 0.25) is 0 Å². The summed E-state index contributed by atoms with van der Waals surface area (Å²) in [5, 5.41) is 3.69. The van der Waals surface area contributed by atoms with Crippen LogP contribution in [0.2, 0.25) is 0 Å².